The highest BCUT2D eigenvalue weighted by molar-refractivity contribution is 4.37. The van der Waals surface area contributed by atoms with E-state index in [2.05, 4.69) is 13.8 Å². The fourth-order valence-electron chi connectivity index (χ4n) is 0.960. The molecule has 0 aliphatic heterocycles. The van der Waals surface area contributed by atoms with Crippen LogP contribution in [0.15, 0.2) is 0 Å². The fraction of sp³-hybridized carbons (Fsp3) is 1.00. The van der Waals surface area contributed by atoms with Gasteiger partial charge in [-0.05, 0) is 19.3 Å². The molecule has 0 aromatic rings. The van der Waals surface area contributed by atoms with Gasteiger partial charge in [-0.25, -0.2) is 0 Å². The Hall–Kier alpha value is -0.880. The second-order valence-corrected chi connectivity index (χ2v) is 3.52. The zero-order chi connectivity index (χ0) is 13.4. The summed E-state index contributed by atoms with van der Waals surface area (Å²) in [5, 5.41) is 13.6. The van der Waals surface area contributed by atoms with E-state index in [4.69, 9.17) is 24.8 Å². The minimum atomic E-state index is -1.50. The highest BCUT2D eigenvalue weighted by Gasteiger charge is 1.89. The van der Waals surface area contributed by atoms with Crippen molar-refractivity contribution in [1.29, 1.82) is 0 Å². The van der Waals surface area contributed by atoms with E-state index in [1.54, 1.807) is 0 Å². The van der Waals surface area contributed by atoms with E-state index < -0.39 is 5.09 Å². The molecule has 0 rings (SSSR count). The molecule has 1 N–H and O–H groups in total. The molecule has 0 spiro atoms. The number of hydrogen-bond acceptors (Lipinski definition) is 4. The third-order valence-corrected chi connectivity index (χ3v) is 1.86. The van der Waals surface area contributed by atoms with Crippen LogP contribution < -0.4 is 0 Å². The standard InChI is InChI=1S/C11H24O2.HNO3/c1-3-5-8-12-10-7-11-13-9-6-4-2;2-1(3)4/h3-11H2,1-2H3;(H,2,3,4). The Morgan fingerprint density at radius 1 is 0.941 bits per heavy atom. The van der Waals surface area contributed by atoms with Gasteiger partial charge >= 0.3 is 0 Å². The van der Waals surface area contributed by atoms with Gasteiger partial charge in [0, 0.05) is 26.4 Å². The van der Waals surface area contributed by atoms with Gasteiger partial charge in [-0.15, -0.1) is 10.1 Å². The van der Waals surface area contributed by atoms with Crippen LogP contribution in [0.5, 0.6) is 0 Å². The van der Waals surface area contributed by atoms with Crippen molar-refractivity contribution in [3.8, 4) is 0 Å². The van der Waals surface area contributed by atoms with Crippen LogP contribution in [0, 0.1) is 10.1 Å². The SMILES string of the molecule is CCCCOCCCOCCCC.O=[N+]([O-])O. The minimum Gasteiger partial charge on any atom is -0.381 e. The first kappa shape index (κ1) is 18.5. The lowest BCUT2D eigenvalue weighted by Crippen LogP contribution is -2.02. The lowest BCUT2D eigenvalue weighted by molar-refractivity contribution is -0.742. The Labute approximate surface area is 103 Å². The van der Waals surface area contributed by atoms with Gasteiger partial charge in [0.2, 0.25) is 0 Å². The van der Waals surface area contributed by atoms with Crippen molar-refractivity contribution in [2.45, 2.75) is 46.0 Å². The molecule has 0 heterocycles. The largest absolute Gasteiger partial charge is 0.381 e. The first-order chi connectivity index (χ1) is 8.15. The monoisotopic (exact) mass is 251 g/mol. The van der Waals surface area contributed by atoms with Crippen LogP contribution in [0.25, 0.3) is 0 Å². The maximum atomic E-state index is 8.36. The van der Waals surface area contributed by atoms with E-state index in [1.165, 1.54) is 25.7 Å². The molecule has 17 heavy (non-hydrogen) atoms. The minimum absolute atomic E-state index is 0.853. The zero-order valence-electron chi connectivity index (χ0n) is 10.9. The van der Waals surface area contributed by atoms with Gasteiger partial charge in [-0.1, -0.05) is 26.7 Å². The third kappa shape index (κ3) is 31.3. The number of rotatable bonds is 10. The average Bonchev–Trinajstić information content (AvgIpc) is 2.26. The van der Waals surface area contributed by atoms with Gasteiger partial charge in [0.1, 0.15) is 0 Å². The van der Waals surface area contributed by atoms with E-state index in [0.29, 0.717) is 0 Å². The second kappa shape index (κ2) is 17.5. The van der Waals surface area contributed by atoms with Gasteiger partial charge in [-0.2, -0.15) is 0 Å². The summed E-state index contributed by atoms with van der Waals surface area (Å²) in [6.07, 6.45) is 5.82. The van der Waals surface area contributed by atoms with Crippen molar-refractivity contribution >= 4 is 0 Å². The topological polar surface area (TPSA) is 81.8 Å². The molecular weight excluding hydrogens is 226 g/mol. The molecule has 0 aliphatic rings. The molecule has 0 amide bonds. The van der Waals surface area contributed by atoms with Crippen LogP contribution in [0.1, 0.15) is 46.0 Å². The fourth-order valence-corrected chi connectivity index (χ4v) is 0.960. The molecule has 6 nitrogen and oxygen atoms in total. The molecule has 0 atom stereocenters. The molecule has 0 saturated heterocycles. The van der Waals surface area contributed by atoms with Gasteiger partial charge in [-0.3, -0.25) is 0 Å². The molecule has 0 saturated carbocycles. The maximum Gasteiger partial charge on any atom is 0.291 e. The summed E-state index contributed by atoms with van der Waals surface area (Å²) < 4.78 is 10.8. The summed E-state index contributed by atoms with van der Waals surface area (Å²) in [5.41, 5.74) is 0. The molecular formula is C11H25NO5. The number of nitrogens with zero attached hydrogens (tertiary/aromatic N) is 1. The third-order valence-electron chi connectivity index (χ3n) is 1.86. The van der Waals surface area contributed by atoms with Crippen LogP contribution in [0.3, 0.4) is 0 Å². The summed E-state index contributed by atoms with van der Waals surface area (Å²) in [7, 11) is 0. The summed E-state index contributed by atoms with van der Waals surface area (Å²) in [6.45, 7) is 7.88. The average molecular weight is 251 g/mol. The molecule has 0 aliphatic carbocycles. The molecule has 0 fully saturated rings. The normalized spacial score (nSPS) is 9.53. The number of unbranched alkanes of at least 4 members (excludes halogenated alkanes) is 2. The zero-order valence-corrected chi connectivity index (χ0v) is 10.9. The summed E-state index contributed by atoms with van der Waals surface area (Å²) >= 11 is 0. The summed E-state index contributed by atoms with van der Waals surface area (Å²) in [6, 6.07) is 0. The van der Waals surface area contributed by atoms with Crippen molar-refractivity contribution in [1.82, 2.24) is 0 Å². The van der Waals surface area contributed by atoms with Crippen molar-refractivity contribution in [3.63, 3.8) is 0 Å². The first-order valence-electron chi connectivity index (χ1n) is 6.13. The van der Waals surface area contributed by atoms with Gasteiger partial charge in [0.05, 0.1) is 0 Å². The molecule has 0 aromatic heterocycles. The van der Waals surface area contributed by atoms with Crippen LogP contribution >= 0.6 is 0 Å². The Morgan fingerprint density at radius 3 is 1.53 bits per heavy atom. The quantitative estimate of drug-likeness (QED) is 0.366. The van der Waals surface area contributed by atoms with Gasteiger partial charge < -0.3 is 14.7 Å². The van der Waals surface area contributed by atoms with E-state index >= 15 is 0 Å². The lowest BCUT2D eigenvalue weighted by Gasteiger charge is -2.04. The Morgan fingerprint density at radius 2 is 1.24 bits per heavy atom. The molecule has 0 unspecified atom stereocenters. The Kier molecular flexibility index (Phi) is 19.0. The molecule has 0 radical (unpaired) electrons. The lowest BCUT2D eigenvalue weighted by atomic mass is 10.3. The van der Waals surface area contributed by atoms with E-state index in [1.807, 2.05) is 0 Å². The predicted molar refractivity (Wildman–Crippen MR) is 64.9 cm³/mol. The molecule has 0 aromatic carbocycles. The van der Waals surface area contributed by atoms with Gasteiger partial charge in [0.15, 0.2) is 0 Å². The maximum absolute atomic E-state index is 8.36. The van der Waals surface area contributed by atoms with Crippen molar-refractivity contribution in [2.75, 3.05) is 26.4 Å². The smallest absolute Gasteiger partial charge is 0.291 e. The van der Waals surface area contributed by atoms with Crippen LogP contribution in [-0.4, -0.2) is 36.7 Å². The predicted octanol–water partition coefficient (Wildman–Crippen LogP) is 2.66. The van der Waals surface area contributed by atoms with Crippen molar-refractivity contribution in [2.24, 2.45) is 0 Å². The Bertz CT molecular complexity index is 141. The van der Waals surface area contributed by atoms with Crippen LogP contribution in [0.2, 0.25) is 0 Å². The van der Waals surface area contributed by atoms with Crippen molar-refractivity contribution < 1.29 is 19.8 Å². The van der Waals surface area contributed by atoms with E-state index in [9.17, 15) is 0 Å². The number of ether oxygens (including phenoxy) is 2. The second-order valence-electron chi connectivity index (χ2n) is 3.52. The van der Waals surface area contributed by atoms with Gasteiger partial charge in [0.25, 0.3) is 5.09 Å². The van der Waals surface area contributed by atoms with E-state index in [0.717, 1.165) is 32.8 Å². The van der Waals surface area contributed by atoms with Crippen LogP contribution in [0.4, 0.5) is 0 Å². The molecule has 104 valence electrons. The van der Waals surface area contributed by atoms with Crippen molar-refractivity contribution in [3.05, 3.63) is 10.1 Å². The highest BCUT2D eigenvalue weighted by Crippen LogP contribution is 1.92. The van der Waals surface area contributed by atoms with E-state index in [-0.39, 0.29) is 0 Å². The number of hydrogen-bond donors (Lipinski definition) is 1. The van der Waals surface area contributed by atoms with Crippen LogP contribution in [-0.2, 0) is 9.47 Å². The summed E-state index contributed by atoms with van der Waals surface area (Å²) in [4.78, 5) is 8.36. The summed E-state index contributed by atoms with van der Waals surface area (Å²) in [5.74, 6) is 0. The molecule has 6 heteroatoms. The highest BCUT2D eigenvalue weighted by atomic mass is 16.9. The first-order valence-corrected chi connectivity index (χ1v) is 6.13. The Balaban J connectivity index is 0. The molecule has 0 bridgehead atoms.